The number of aliphatic carboxylic acids is 1. The topological polar surface area (TPSA) is 86.7 Å². The van der Waals surface area contributed by atoms with E-state index in [1.54, 1.807) is 36.2 Å². The molecule has 180 valence electrons. The van der Waals surface area contributed by atoms with Crippen LogP contribution in [0.1, 0.15) is 27.9 Å². The molecule has 1 aliphatic rings. The maximum atomic E-state index is 13.9. The van der Waals surface area contributed by atoms with E-state index in [1.165, 1.54) is 0 Å². The van der Waals surface area contributed by atoms with E-state index >= 15 is 0 Å². The number of likely N-dealkylation sites (N-methyl/N-ethyl adjacent to an activating group) is 1. The van der Waals surface area contributed by atoms with Crippen LogP contribution in [0.4, 0.5) is 0 Å². The Balaban J connectivity index is 1.74. The van der Waals surface area contributed by atoms with Crippen molar-refractivity contribution in [2.45, 2.75) is 31.5 Å². The zero-order valence-electron chi connectivity index (χ0n) is 19.7. The van der Waals surface area contributed by atoms with Gasteiger partial charge in [0, 0.05) is 30.5 Å². The highest BCUT2D eigenvalue weighted by molar-refractivity contribution is 5.99. The summed E-state index contributed by atoms with van der Waals surface area (Å²) in [6.07, 6.45) is 0.473. The summed E-state index contributed by atoms with van der Waals surface area (Å²) in [5.41, 5.74) is 2.50. The summed E-state index contributed by atoms with van der Waals surface area (Å²) >= 11 is 0. The van der Waals surface area contributed by atoms with Crippen molar-refractivity contribution in [2.24, 2.45) is 11.8 Å². The SMILES string of the molecule is CN[C@@H](C(=O)O)[C@@H]1[C@@H](CC(=O)c2ccccc2)C(=O)N(Cc2ccccc2)[C@H]1Cc1ccccc1. The Morgan fingerprint density at radius 3 is 1.97 bits per heavy atom. The molecule has 0 bridgehead atoms. The number of carbonyl (C=O) groups excluding carboxylic acids is 2. The number of carboxylic acid groups (broad SMARTS) is 1. The number of amides is 1. The molecular formula is C29H30N2O4. The van der Waals surface area contributed by atoms with E-state index in [0.29, 0.717) is 18.5 Å². The second kappa shape index (κ2) is 11.1. The summed E-state index contributed by atoms with van der Waals surface area (Å²) in [6.45, 7) is 0.361. The third-order valence-electron chi connectivity index (χ3n) is 6.86. The average molecular weight is 471 g/mol. The summed E-state index contributed by atoms with van der Waals surface area (Å²) in [5.74, 6) is -2.68. The van der Waals surface area contributed by atoms with Crippen LogP contribution in [0.25, 0.3) is 0 Å². The molecule has 6 nitrogen and oxygen atoms in total. The Morgan fingerprint density at radius 2 is 1.43 bits per heavy atom. The fraction of sp³-hybridized carbons (Fsp3) is 0.276. The van der Waals surface area contributed by atoms with Crippen molar-refractivity contribution in [3.05, 3.63) is 108 Å². The van der Waals surface area contributed by atoms with Crippen molar-refractivity contribution in [2.75, 3.05) is 7.05 Å². The molecular weight excluding hydrogens is 440 g/mol. The first-order chi connectivity index (χ1) is 17.0. The first kappa shape index (κ1) is 24.4. The fourth-order valence-corrected chi connectivity index (χ4v) is 5.19. The smallest absolute Gasteiger partial charge is 0.321 e. The number of ketones is 1. The number of rotatable bonds is 10. The van der Waals surface area contributed by atoms with Crippen LogP contribution in [0.15, 0.2) is 91.0 Å². The fourth-order valence-electron chi connectivity index (χ4n) is 5.19. The molecule has 0 radical (unpaired) electrons. The second-order valence-electron chi connectivity index (χ2n) is 8.99. The van der Waals surface area contributed by atoms with E-state index in [0.717, 1.165) is 11.1 Å². The number of nitrogens with one attached hydrogen (secondary N) is 1. The number of carbonyl (C=O) groups is 3. The van der Waals surface area contributed by atoms with Gasteiger partial charge in [-0.2, -0.15) is 0 Å². The van der Waals surface area contributed by atoms with Gasteiger partial charge < -0.3 is 15.3 Å². The summed E-state index contributed by atoms with van der Waals surface area (Å²) in [6, 6.07) is 27.0. The molecule has 0 spiro atoms. The van der Waals surface area contributed by atoms with Gasteiger partial charge in [-0.1, -0.05) is 91.0 Å². The molecule has 2 N–H and O–H groups in total. The Labute approximate surface area is 205 Å². The summed E-state index contributed by atoms with van der Waals surface area (Å²) < 4.78 is 0. The normalized spacial score (nSPS) is 20.5. The minimum atomic E-state index is -1.03. The monoisotopic (exact) mass is 470 g/mol. The molecule has 0 aromatic heterocycles. The van der Waals surface area contributed by atoms with Crippen LogP contribution in [0.3, 0.4) is 0 Å². The first-order valence-corrected chi connectivity index (χ1v) is 11.9. The molecule has 35 heavy (non-hydrogen) atoms. The third kappa shape index (κ3) is 5.49. The summed E-state index contributed by atoms with van der Waals surface area (Å²) in [7, 11) is 1.60. The van der Waals surface area contributed by atoms with Gasteiger partial charge in [-0.15, -0.1) is 0 Å². The molecule has 3 aromatic carbocycles. The third-order valence-corrected chi connectivity index (χ3v) is 6.86. The van der Waals surface area contributed by atoms with Crippen molar-refractivity contribution < 1.29 is 19.5 Å². The van der Waals surface area contributed by atoms with Crippen molar-refractivity contribution >= 4 is 17.7 Å². The highest BCUT2D eigenvalue weighted by atomic mass is 16.4. The second-order valence-corrected chi connectivity index (χ2v) is 8.99. The number of benzene rings is 3. The van der Waals surface area contributed by atoms with Crippen LogP contribution in [0, 0.1) is 11.8 Å². The average Bonchev–Trinajstić information content (AvgIpc) is 3.11. The number of Topliss-reactive ketones (excluding diaryl/α,β-unsaturated/α-hetero) is 1. The molecule has 3 aromatic rings. The van der Waals surface area contributed by atoms with E-state index in [9.17, 15) is 19.5 Å². The lowest BCUT2D eigenvalue weighted by atomic mass is 9.78. The van der Waals surface area contributed by atoms with Crippen molar-refractivity contribution in [1.82, 2.24) is 10.2 Å². The minimum Gasteiger partial charge on any atom is -0.480 e. The van der Waals surface area contributed by atoms with Crippen LogP contribution < -0.4 is 5.32 Å². The highest BCUT2D eigenvalue weighted by Crippen LogP contribution is 2.39. The van der Waals surface area contributed by atoms with Crippen LogP contribution in [0.2, 0.25) is 0 Å². The number of hydrogen-bond donors (Lipinski definition) is 2. The van der Waals surface area contributed by atoms with Crippen LogP contribution in [0.5, 0.6) is 0 Å². The molecule has 0 unspecified atom stereocenters. The first-order valence-electron chi connectivity index (χ1n) is 11.9. The van der Waals surface area contributed by atoms with Gasteiger partial charge >= 0.3 is 5.97 Å². The van der Waals surface area contributed by atoms with Gasteiger partial charge in [-0.3, -0.25) is 14.4 Å². The number of carboxylic acids is 1. The van der Waals surface area contributed by atoms with Gasteiger partial charge in [0.2, 0.25) is 5.91 Å². The molecule has 1 heterocycles. The van der Waals surface area contributed by atoms with Crippen LogP contribution in [-0.2, 0) is 22.6 Å². The molecule has 1 fully saturated rings. The molecule has 0 saturated carbocycles. The van der Waals surface area contributed by atoms with Crippen molar-refractivity contribution in [1.29, 1.82) is 0 Å². The van der Waals surface area contributed by atoms with Gasteiger partial charge in [0.15, 0.2) is 5.78 Å². The predicted octanol–water partition coefficient (Wildman–Crippen LogP) is 3.82. The van der Waals surface area contributed by atoms with Crippen molar-refractivity contribution in [3.8, 4) is 0 Å². The summed E-state index contributed by atoms with van der Waals surface area (Å²) in [5, 5.41) is 13.0. The molecule has 1 saturated heterocycles. The van der Waals surface area contributed by atoms with Gasteiger partial charge in [0.25, 0.3) is 0 Å². The molecule has 1 amide bonds. The van der Waals surface area contributed by atoms with E-state index in [-0.39, 0.29) is 24.2 Å². The van der Waals surface area contributed by atoms with Gasteiger partial charge in [-0.25, -0.2) is 0 Å². The predicted molar refractivity (Wildman–Crippen MR) is 134 cm³/mol. The molecule has 0 aliphatic carbocycles. The van der Waals surface area contributed by atoms with Crippen LogP contribution in [-0.4, -0.2) is 46.8 Å². The van der Waals surface area contributed by atoms with E-state index in [1.807, 2.05) is 66.7 Å². The van der Waals surface area contributed by atoms with E-state index in [2.05, 4.69) is 5.32 Å². The van der Waals surface area contributed by atoms with Gasteiger partial charge in [-0.05, 0) is 24.6 Å². The highest BCUT2D eigenvalue weighted by Gasteiger charge is 2.52. The quantitative estimate of drug-likeness (QED) is 0.440. The van der Waals surface area contributed by atoms with E-state index in [4.69, 9.17) is 0 Å². The van der Waals surface area contributed by atoms with Gasteiger partial charge in [0.05, 0.1) is 5.92 Å². The minimum absolute atomic E-state index is 0.0322. The maximum absolute atomic E-state index is 13.9. The number of nitrogens with zero attached hydrogens (tertiary/aromatic N) is 1. The van der Waals surface area contributed by atoms with Crippen molar-refractivity contribution in [3.63, 3.8) is 0 Å². The number of likely N-dealkylation sites (tertiary alicyclic amines) is 1. The Bertz CT molecular complexity index is 1150. The zero-order valence-corrected chi connectivity index (χ0v) is 19.7. The molecule has 6 heteroatoms. The van der Waals surface area contributed by atoms with Gasteiger partial charge in [0.1, 0.15) is 6.04 Å². The Kier molecular flexibility index (Phi) is 7.73. The Morgan fingerprint density at radius 1 is 0.886 bits per heavy atom. The number of hydrogen-bond acceptors (Lipinski definition) is 4. The molecule has 1 aliphatic heterocycles. The standard InChI is InChI=1S/C29H30N2O4/c1-30-27(29(34)35)26-23(18-25(32)22-15-9-4-10-16-22)28(33)31(19-21-13-7-3-8-14-21)24(26)17-20-11-5-2-6-12-20/h2-16,23-24,26-27,30H,17-19H2,1H3,(H,34,35)/t23-,24+,26-,27-/m1/s1. The lowest BCUT2D eigenvalue weighted by Crippen LogP contribution is -2.49. The summed E-state index contributed by atoms with van der Waals surface area (Å²) in [4.78, 5) is 41.1. The largest absolute Gasteiger partial charge is 0.480 e. The van der Waals surface area contributed by atoms with E-state index < -0.39 is 23.8 Å². The zero-order chi connectivity index (χ0) is 24.8. The van der Waals surface area contributed by atoms with Crippen LogP contribution >= 0.6 is 0 Å². The lowest BCUT2D eigenvalue weighted by Gasteiger charge is -2.32. The molecule has 4 rings (SSSR count). The molecule has 4 atom stereocenters. The lowest BCUT2D eigenvalue weighted by molar-refractivity contribution is -0.141. The Hall–Kier alpha value is -3.77. The maximum Gasteiger partial charge on any atom is 0.321 e.